The van der Waals surface area contributed by atoms with Crippen LogP contribution in [0.25, 0.3) is 0 Å². The maximum atomic E-state index is 11.0. The third-order valence-electron chi connectivity index (χ3n) is 2.33. The number of hydrogen-bond donors (Lipinski definition) is 1. The lowest BCUT2D eigenvalue weighted by atomic mass is 10.1. The highest BCUT2D eigenvalue weighted by molar-refractivity contribution is 5.71. The molecule has 0 aliphatic carbocycles. The summed E-state index contributed by atoms with van der Waals surface area (Å²) >= 11 is 0. The Morgan fingerprint density at radius 2 is 2.07 bits per heavy atom. The second kappa shape index (κ2) is 6.19. The van der Waals surface area contributed by atoms with Gasteiger partial charge in [-0.1, -0.05) is 37.3 Å². The Kier molecular flexibility index (Phi) is 4.84. The number of esters is 1. The molecule has 3 heteroatoms. The summed E-state index contributed by atoms with van der Waals surface area (Å²) in [4.78, 5) is 11.0. The molecule has 1 aromatic carbocycles. The van der Waals surface area contributed by atoms with Gasteiger partial charge in [-0.3, -0.25) is 4.79 Å². The summed E-state index contributed by atoms with van der Waals surface area (Å²) < 4.78 is 4.58. The number of nitrogens with one attached hydrogen (secondary N) is 1. The molecule has 0 unspecified atom stereocenters. The molecule has 1 atom stereocenters. The molecule has 0 heterocycles. The molecule has 0 bridgehead atoms. The fourth-order valence-electron chi connectivity index (χ4n) is 1.46. The molecule has 0 saturated carbocycles. The van der Waals surface area contributed by atoms with Crippen molar-refractivity contribution in [2.75, 3.05) is 13.7 Å². The first-order chi connectivity index (χ1) is 7.27. The highest BCUT2D eigenvalue weighted by Crippen LogP contribution is 2.15. The first kappa shape index (κ1) is 11.7. The van der Waals surface area contributed by atoms with E-state index >= 15 is 0 Å². The van der Waals surface area contributed by atoms with E-state index in [1.54, 1.807) is 0 Å². The Balaban J connectivity index is 2.53. The third kappa shape index (κ3) is 3.72. The largest absolute Gasteiger partial charge is 0.468 e. The summed E-state index contributed by atoms with van der Waals surface area (Å²) in [5.74, 6) is -0.232. The summed E-state index contributed by atoms with van der Waals surface area (Å²) in [6, 6.07) is 10.3. The Labute approximate surface area is 90.4 Å². The van der Waals surface area contributed by atoms with Crippen LogP contribution in [-0.2, 0) is 9.53 Å². The molecule has 82 valence electrons. The molecule has 0 fully saturated rings. The molecule has 0 aliphatic heterocycles. The second-order valence-corrected chi connectivity index (χ2v) is 3.33. The zero-order chi connectivity index (χ0) is 11.1. The molecule has 0 amide bonds. The minimum atomic E-state index is -0.232. The van der Waals surface area contributed by atoms with E-state index in [0.29, 0.717) is 0 Å². The van der Waals surface area contributed by atoms with Crippen LogP contribution < -0.4 is 5.32 Å². The van der Waals surface area contributed by atoms with Crippen LogP contribution >= 0.6 is 0 Å². The van der Waals surface area contributed by atoms with Crippen molar-refractivity contribution in [1.82, 2.24) is 5.32 Å². The van der Waals surface area contributed by atoms with Gasteiger partial charge in [0.05, 0.1) is 13.7 Å². The number of ether oxygens (including phenoxy) is 1. The van der Waals surface area contributed by atoms with E-state index in [1.165, 1.54) is 12.7 Å². The van der Waals surface area contributed by atoms with Gasteiger partial charge in [-0.2, -0.15) is 0 Å². The van der Waals surface area contributed by atoms with Gasteiger partial charge in [0.2, 0.25) is 0 Å². The molecule has 3 nitrogen and oxygen atoms in total. The first-order valence-corrected chi connectivity index (χ1v) is 5.13. The third-order valence-corrected chi connectivity index (χ3v) is 2.33. The fourth-order valence-corrected chi connectivity index (χ4v) is 1.46. The Bertz CT molecular complexity index is 298. The molecule has 0 spiro atoms. The van der Waals surface area contributed by atoms with E-state index in [9.17, 15) is 4.79 Å². The smallest absolute Gasteiger partial charge is 0.319 e. The van der Waals surface area contributed by atoms with Crippen molar-refractivity contribution in [3.05, 3.63) is 35.9 Å². The fraction of sp³-hybridized carbons (Fsp3) is 0.417. The average molecular weight is 207 g/mol. The van der Waals surface area contributed by atoms with Crippen LogP contribution in [0.5, 0.6) is 0 Å². The molecule has 0 aliphatic rings. The van der Waals surface area contributed by atoms with Crippen molar-refractivity contribution in [1.29, 1.82) is 0 Å². The van der Waals surface area contributed by atoms with Crippen molar-refractivity contribution in [3.8, 4) is 0 Å². The predicted octanol–water partition coefficient (Wildman–Crippen LogP) is 1.90. The van der Waals surface area contributed by atoms with Crippen molar-refractivity contribution >= 4 is 5.97 Å². The van der Waals surface area contributed by atoms with E-state index in [2.05, 4.69) is 29.1 Å². The second-order valence-electron chi connectivity index (χ2n) is 3.33. The normalized spacial score (nSPS) is 12.1. The summed E-state index contributed by atoms with van der Waals surface area (Å²) in [7, 11) is 1.40. The number of rotatable bonds is 5. The van der Waals surface area contributed by atoms with Gasteiger partial charge < -0.3 is 10.1 Å². The first-order valence-electron chi connectivity index (χ1n) is 5.13. The number of methoxy groups -OCH3 is 1. The highest BCUT2D eigenvalue weighted by atomic mass is 16.5. The minimum absolute atomic E-state index is 0.213. The van der Waals surface area contributed by atoms with Gasteiger partial charge in [-0.15, -0.1) is 0 Å². The molecule has 0 saturated heterocycles. The van der Waals surface area contributed by atoms with Gasteiger partial charge in [0, 0.05) is 6.04 Å². The molecule has 1 aromatic rings. The molecular formula is C12H17NO2. The number of carbonyl (C=O) groups is 1. The van der Waals surface area contributed by atoms with E-state index in [0.717, 1.165) is 6.42 Å². The van der Waals surface area contributed by atoms with Crippen LogP contribution in [0.4, 0.5) is 0 Å². The Hall–Kier alpha value is -1.35. The number of benzene rings is 1. The van der Waals surface area contributed by atoms with Crippen molar-refractivity contribution in [2.45, 2.75) is 19.4 Å². The summed E-state index contributed by atoms with van der Waals surface area (Å²) in [6.45, 7) is 2.34. The minimum Gasteiger partial charge on any atom is -0.468 e. The standard InChI is InChI=1S/C12H17NO2/c1-3-11(13-9-12(14)15-2)10-7-5-4-6-8-10/h4-8,11,13H,3,9H2,1-2H3/t11-/m0/s1. The molecule has 1 N–H and O–H groups in total. The maximum Gasteiger partial charge on any atom is 0.319 e. The Morgan fingerprint density at radius 3 is 2.60 bits per heavy atom. The van der Waals surface area contributed by atoms with E-state index < -0.39 is 0 Å². The van der Waals surface area contributed by atoms with Gasteiger partial charge in [0.25, 0.3) is 0 Å². The van der Waals surface area contributed by atoms with Gasteiger partial charge in [0.1, 0.15) is 0 Å². The molecular weight excluding hydrogens is 190 g/mol. The number of hydrogen-bond acceptors (Lipinski definition) is 3. The average Bonchev–Trinajstić information content (AvgIpc) is 2.31. The topological polar surface area (TPSA) is 38.3 Å². The van der Waals surface area contributed by atoms with Gasteiger partial charge in [-0.25, -0.2) is 0 Å². The zero-order valence-corrected chi connectivity index (χ0v) is 9.19. The summed E-state index contributed by atoms with van der Waals surface area (Å²) in [5.41, 5.74) is 1.20. The molecule has 1 rings (SSSR count). The van der Waals surface area contributed by atoms with E-state index in [1.807, 2.05) is 18.2 Å². The lowest BCUT2D eigenvalue weighted by Gasteiger charge is -2.16. The lowest BCUT2D eigenvalue weighted by Crippen LogP contribution is -2.27. The quantitative estimate of drug-likeness (QED) is 0.749. The molecule has 0 radical (unpaired) electrons. The summed E-state index contributed by atoms with van der Waals surface area (Å²) in [5, 5.41) is 3.16. The Morgan fingerprint density at radius 1 is 1.40 bits per heavy atom. The van der Waals surface area contributed by atoms with Crippen LogP contribution in [0.2, 0.25) is 0 Å². The van der Waals surface area contributed by atoms with Crippen LogP contribution in [0.3, 0.4) is 0 Å². The van der Waals surface area contributed by atoms with Crippen molar-refractivity contribution in [2.24, 2.45) is 0 Å². The van der Waals surface area contributed by atoms with Gasteiger partial charge in [0.15, 0.2) is 0 Å². The van der Waals surface area contributed by atoms with E-state index in [-0.39, 0.29) is 18.6 Å². The van der Waals surface area contributed by atoms with Crippen LogP contribution in [-0.4, -0.2) is 19.6 Å². The molecule has 15 heavy (non-hydrogen) atoms. The maximum absolute atomic E-state index is 11.0. The molecule has 0 aromatic heterocycles. The number of carbonyl (C=O) groups excluding carboxylic acids is 1. The van der Waals surface area contributed by atoms with Crippen molar-refractivity contribution < 1.29 is 9.53 Å². The monoisotopic (exact) mass is 207 g/mol. The van der Waals surface area contributed by atoms with Crippen LogP contribution in [0, 0.1) is 0 Å². The van der Waals surface area contributed by atoms with Crippen molar-refractivity contribution in [3.63, 3.8) is 0 Å². The van der Waals surface area contributed by atoms with Gasteiger partial charge >= 0.3 is 5.97 Å². The van der Waals surface area contributed by atoms with Crippen LogP contribution in [0.1, 0.15) is 24.9 Å². The highest BCUT2D eigenvalue weighted by Gasteiger charge is 2.09. The van der Waals surface area contributed by atoms with E-state index in [4.69, 9.17) is 0 Å². The lowest BCUT2D eigenvalue weighted by molar-refractivity contribution is -0.139. The zero-order valence-electron chi connectivity index (χ0n) is 9.19. The predicted molar refractivity (Wildman–Crippen MR) is 59.5 cm³/mol. The SMILES string of the molecule is CC[C@H](NCC(=O)OC)c1ccccc1. The van der Waals surface area contributed by atoms with Crippen LogP contribution in [0.15, 0.2) is 30.3 Å². The summed E-state index contributed by atoms with van der Waals surface area (Å²) in [6.07, 6.45) is 0.945. The van der Waals surface area contributed by atoms with Gasteiger partial charge in [-0.05, 0) is 12.0 Å².